The van der Waals surface area contributed by atoms with Gasteiger partial charge in [-0.05, 0) is 29.3 Å². The molecule has 0 amide bonds. The fourth-order valence-corrected chi connectivity index (χ4v) is 2.14. The van der Waals surface area contributed by atoms with Gasteiger partial charge in [0.05, 0.1) is 11.0 Å². The number of nitrogens with zero attached hydrogens (tertiary/aromatic N) is 3. The maximum atomic E-state index is 11.8. The number of H-pyrrole nitrogens is 1. The van der Waals surface area contributed by atoms with Crippen molar-refractivity contribution in [2.75, 3.05) is 11.9 Å². The summed E-state index contributed by atoms with van der Waals surface area (Å²) in [6.45, 7) is 4.95. The summed E-state index contributed by atoms with van der Waals surface area (Å²) in [5, 5.41) is 3.19. The second-order valence-corrected chi connectivity index (χ2v) is 5.46. The molecule has 0 saturated carbocycles. The molecule has 2 N–H and O–H groups in total. The minimum atomic E-state index is -0.489. The van der Waals surface area contributed by atoms with Crippen molar-refractivity contribution < 1.29 is 0 Å². The number of aromatic amines is 1. The molecule has 2 aromatic rings. The quantitative estimate of drug-likeness (QED) is 0.844. The van der Waals surface area contributed by atoms with E-state index in [4.69, 9.17) is 0 Å². The van der Waals surface area contributed by atoms with E-state index in [2.05, 4.69) is 43.1 Å². The number of rotatable bonds is 5. The molecule has 112 valence electrons. The van der Waals surface area contributed by atoms with Gasteiger partial charge in [0.25, 0.3) is 5.56 Å². The molecule has 0 aliphatic heterocycles. The molecule has 0 aliphatic carbocycles. The Labute approximate surface area is 129 Å². The molecule has 21 heavy (non-hydrogen) atoms. The number of aryl methyl sites for hydroxylation is 1. The zero-order valence-corrected chi connectivity index (χ0v) is 13.4. The van der Waals surface area contributed by atoms with Gasteiger partial charge in [-0.2, -0.15) is 0 Å². The van der Waals surface area contributed by atoms with Gasteiger partial charge in [-0.25, -0.2) is 14.8 Å². The van der Waals surface area contributed by atoms with E-state index < -0.39 is 11.2 Å². The standard InChI is InChI=1S/C13H16BrN5O2/c1-3-4-15-10-5-8(2)16-11(17-10)7-19-6-9(14)12(20)18-13(19)21/h5-6H,3-4,7H2,1-2H3,(H,15,16,17)(H,18,20,21). The second kappa shape index (κ2) is 6.66. The summed E-state index contributed by atoms with van der Waals surface area (Å²) < 4.78 is 1.64. The summed E-state index contributed by atoms with van der Waals surface area (Å²) in [5.74, 6) is 1.24. The predicted molar refractivity (Wildman–Crippen MR) is 83.7 cm³/mol. The summed E-state index contributed by atoms with van der Waals surface area (Å²) in [4.78, 5) is 34.0. The molecule has 2 rings (SSSR count). The normalized spacial score (nSPS) is 10.6. The molecule has 0 bridgehead atoms. The van der Waals surface area contributed by atoms with Crippen LogP contribution in [0.15, 0.2) is 26.3 Å². The van der Waals surface area contributed by atoms with E-state index in [-0.39, 0.29) is 6.54 Å². The summed E-state index contributed by atoms with van der Waals surface area (Å²) in [6, 6.07) is 1.85. The van der Waals surface area contributed by atoms with Crippen LogP contribution in [0.2, 0.25) is 0 Å². The van der Waals surface area contributed by atoms with Gasteiger partial charge in [-0.1, -0.05) is 6.92 Å². The molecule has 0 radical (unpaired) electrons. The van der Waals surface area contributed by atoms with Crippen molar-refractivity contribution in [1.29, 1.82) is 0 Å². The Kier molecular flexibility index (Phi) is 4.89. The van der Waals surface area contributed by atoms with E-state index in [9.17, 15) is 9.59 Å². The number of aromatic nitrogens is 4. The van der Waals surface area contributed by atoms with Crippen molar-refractivity contribution in [3.63, 3.8) is 0 Å². The zero-order chi connectivity index (χ0) is 15.4. The van der Waals surface area contributed by atoms with Crippen molar-refractivity contribution in [1.82, 2.24) is 19.5 Å². The van der Waals surface area contributed by atoms with Gasteiger partial charge < -0.3 is 5.32 Å². The lowest BCUT2D eigenvalue weighted by atomic mass is 10.4. The van der Waals surface area contributed by atoms with Gasteiger partial charge in [-0.15, -0.1) is 0 Å². The molecule has 0 aliphatic rings. The lowest BCUT2D eigenvalue weighted by molar-refractivity contribution is 0.679. The van der Waals surface area contributed by atoms with E-state index in [1.165, 1.54) is 10.8 Å². The van der Waals surface area contributed by atoms with Crippen LogP contribution in [0.25, 0.3) is 0 Å². The van der Waals surface area contributed by atoms with E-state index in [1.54, 1.807) is 0 Å². The number of anilines is 1. The fourth-order valence-electron chi connectivity index (χ4n) is 1.80. The average molecular weight is 354 g/mol. The van der Waals surface area contributed by atoms with Crippen molar-refractivity contribution in [3.8, 4) is 0 Å². The van der Waals surface area contributed by atoms with E-state index in [0.29, 0.717) is 10.3 Å². The SMILES string of the molecule is CCCNc1cc(C)nc(Cn2cc(Br)c(=O)[nH]c2=O)n1. The molecule has 8 heteroatoms. The minimum Gasteiger partial charge on any atom is -0.370 e. The number of hydrogen-bond acceptors (Lipinski definition) is 5. The van der Waals surface area contributed by atoms with E-state index in [1.807, 2.05) is 13.0 Å². The highest BCUT2D eigenvalue weighted by atomic mass is 79.9. The molecule has 2 heterocycles. The van der Waals surface area contributed by atoms with Crippen LogP contribution in [0, 0.1) is 6.92 Å². The first-order valence-electron chi connectivity index (χ1n) is 6.57. The van der Waals surface area contributed by atoms with Gasteiger partial charge in [0.15, 0.2) is 5.82 Å². The summed E-state index contributed by atoms with van der Waals surface area (Å²) in [7, 11) is 0. The highest BCUT2D eigenvalue weighted by molar-refractivity contribution is 9.10. The molecule has 7 nitrogen and oxygen atoms in total. The Balaban J connectivity index is 2.31. The molecular formula is C13H16BrN5O2. The third-order valence-corrected chi connectivity index (χ3v) is 3.30. The highest BCUT2D eigenvalue weighted by Crippen LogP contribution is 2.07. The average Bonchev–Trinajstić information content (AvgIpc) is 2.42. The largest absolute Gasteiger partial charge is 0.370 e. The molecule has 0 saturated heterocycles. The molecule has 0 atom stereocenters. The van der Waals surface area contributed by atoms with Gasteiger partial charge in [0.2, 0.25) is 0 Å². The van der Waals surface area contributed by atoms with Crippen molar-refractivity contribution >= 4 is 21.7 Å². The van der Waals surface area contributed by atoms with Crippen LogP contribution in [0.4, 0.5) is 5.82 Å². The summed E-state index contributed by atoms with van der Waals surface area (Å²) in [6.07, 6.45) is 2.43. The van der Waals surface area contributed by atoms with Crippen molar-refractivity contribution in [2.45, 2.75) is 26.8 Å². The van der Waals surface area contributed by atoms with Crippen molar-refractivity contribution in [3.05, 3.63) is 49.1 Å². The first-order chi connectivity index (χ1) is 9.99. The van der Waals surface area contributed by atoms with Gasteiger partial charge in [0, 0.05) is 24.5 Å². The van der Waals surface area contributed by atoms with Gasteiger partial charge in [0.1, 0.15) is 5.82 Å². The molecule has 0 fully saturated rings. The zero-order valence-electron chi connectivity index (χ0n) is 11.8. The van der Waals surface area contributed by atoms with Crippen LogP contribution >= 0.6 is 15.9 Å². The maximum Gasteiger partial charge on any atom is 0.328 e. The number of hydrogen-bond donors (Lipinski definition) is 2. The molecule has 2 aromatic heterocycles. The highest BCUT2D eigenvalue weighted by Gasteiger charge is 2.07. The Morgan fingerprint density at radius 2 is 2.14 bits per heavy atom. The first kappa shape index (κ1) is 15.4. The Hall–Kier alpha value is -1.96. The van der Waals surface area contributed by atoms with Gasteiger partial charge in [-0.3, -0.25) is 14.3 Å². The van der Waals surface area contributed by atoms with Crippen LogP contribution in [-0.4, -0.2) is 26.1 Å². The van der Waals surface area contributed by atoms with E-state index in [0.717, 1.165) is 24.5 Å². The smallest absolute Gasteiger partial charge is 0.328 e. The summed E-state index contributed by atoms with van der Waals surface area (Å²) >= 11 is 3.10. The third kappa shape index (κ3) is 4.01. The lowest BCUT2D eigenvalue weighted by Crippen LogP contribution is -2.30. The van der Waals surface area contributed by atoms with Crippen LogP contribution in [0.1, 0.15) is 24.9 Å². The van der Waals surface area contributed by atoms with E-state index >= 15 is 0 Å². The first-order valence-corrected chi connectivity index (χ1v) is 7.36. The predicted octanol–water partition coefficient (Wildman–Crippen LogP) is 1.27. The summed E-state index contributed by atoms with van der Waals surface area (Å²) in [5.41, 5.74) is -0.127. The molecule has 0 aromatic carbocycles. The lowest BCUT2D eigenvalue weighted by Gasteiger charge is -2.09. The van der Waals surface area contributed by atoms with Crippen LogP contribution in [-0.2, 0) is 6.54 Å². The van der Waals surface area contributed by atoms with Crippen LogP contribution in [0.3, 0.4) is 0 Å². The maximum absolute atomic E-state index is 11.8. The van der Waals surface area contributed by atoms with Gasteiger partial charge >= 0.3 is 5.69 Å². The topological polar surface area (TPSA) is 92.7 Å². The monoisotopic (exact) mass is 353 g/mol. The molecule has 0 unspecified atom stereocenters. The number of nitrogens with one attached hydrogen (secondary N) is 2. The fraction of sp³-hybridized carbons (Fsp3) is 0.385. The van der Waals surface area contributed by atoms with Crippen LogP contribution in [0.5, 0.6) is 0 Å². The van der Waals surface area contributed by atoms with Crippen LogP contribution < -0.4 is 16.6 Å². The Morgan fingerprint density at radius 3 is 2.86 bits per heavy atom. The minimum absolute atomic E-state index is 0.191. The second-order valence-electron chi connectivity index (χ2n) is 4.60. The number of halogens is 1. The molecular weight excluding hydrogens is 338 g/mol. The third-order valence-electron chi connectivity index (χ3n) is 2.74. The Morgan fingerprint density at radius 1 is 1.38 bits per heavy atom. The molecule has 0 spiro atoms. The van der Waals surface area contributed by atoms with Crippen molar-refractivity contribution in [2.24, 2.45) is 0 Å². The Bertz CT molecular complexity index is 753.